The molecular formula is C15H15NO5S2. The van der Waals surface area contributed by atoms with Crippen molar-refractivity contribution < 1.29 is 24.2 Å². The van der Waals surface area contributed by atoms with Gasteiger partial charge in [-0.1, -0.05) is 24.0 Å². The molecule has 1 N–H and O–H groups in total. The molecule has 1 amide bonds. The molecule has 0 aromatic heterocycles. The highest BCUT2D eigenvalue weighted by Gasteiger charge is 2.38. The minimum absolute atomic E-state index is 0.220. The Labute approximate surface area is 143 Å². The van der Waals surface area contributed by atoms with E-state index in [1.54, 1.807) is 31.4 Å². The second kappa shape index (κ2) is 7.01. The predicted octanol–water partition coefficient (Wildman–Crippen LogP) is 2.38. The number of aliphatic carboxylic acids is 1. The first-order chi connectivity index (χ1) is 10.9. The second-order valence-corrected chi connectivity index (χ2v) is 6.35. The molecule has 8 heteroatoms. The molecule has 0 unspecified atom stereocenters. The molecule has 0 radical (unpaired) electrons. The molecule has 6 nitrogen and oxygen atoms in total. The van der Waals surface area contributed by atoms with Crippen LogP contribution < -0.4 is 9.47 Å². The van der Waals surface area contributed by atoms with E-state index in [0.717, 1.165) is 16.7 Å². The van der Waals surface area contributed by atoms with Gasteiger partial charge in [-0.3, -0.25) is 9.69 Å². The van der Waals surface area contributed by atoms with E-state index in [1.165, 1.54) is 14.0 Å². The van der Waals surface area contributed by atoms with E-state index in [9.17, 15) is 9.59 Å². The Bertz CT molecular complexity index is 701. The number of nitrogens with zero attached hydrogens (tertiary/aromatic N) is 1. The number of thiocarbonyl (C=S) groups is 1. The highest BCUT2D eigenvalue weighted by Crippen LogP contribution is 2.36. The largest absolute Gasteiger partial charge is 0.497 e. The standard InChI is InChI=1S/C15H15NO5S2/c1-8(14(18)19)16-13(17)12(23-15(16)22)7-9-6-10(20-2)4-5-11(9)21-3/h4-8H,1-3H3,(H,18,19)/b12-7-/t8-/m1/s1. The molecule has 122 valence electrons. The van der Waals surface area contributed by atoms with Crippen molar-refractivity contribution >= 4 is 46.3 Å². The number of carboxylic acids is 1. The fourth-order valence-corrected chi connectivity index (χ4v) is 3.43. The van der Waals surface area contributed by atoms with Gasteiger partial charge in [0.15, 0.2) is 0 Å². The van der Waals surface area contributed by atoms with Crippen LogP contribution in [0, 0.1) is 0 Å². The lowest BCUT2D eigenvalue weighted by atomic mass is 10.1. The van der Waals surface area contributed by atoms with Crippen molar-refractivity contribution in [3.05, 3.63) is 28.7 Å². The maximum atomic E-state index is 12.4. The van der Waals surface area contributed by atoms with Gasteiger partial charge in [0.05, 0.1) is 19.1 Å². The van der Waals surface area contributed by atoms with Gasteiger partial charge in [0.2, 0.25) is 0 Å². The quantitative estimate of drug-likeness (QED) is 0.643. The highest BCUT2D eigenvalue weighted by molar-refractivity contribution is 8.26. The van der Waals surface area contributed by atoms with Crippen LogP contribution in [0.1, 0.15) is 12.5 Å². The van der Waals surface area contributed by atoms with Crippen LogP contribution in [0.5, 0.6) is 11.5 Å². The van der Waals surface area contributed by atoms with Crippen molar-refractivity contribution in [2.75, 3.05) is 14.2 Å². The van der Waals surface area contributed by atoms with Crippen molar-refractivity contribution in [3.8, 4) is 11.5 Å². The Balaban J connectivity index is 2.39. The number of hydrogen-bond donors (Lipinski definition) is 1. The van der Waals surface area contributed by atoms with E-state index in [4.69, 9.17) is 26.8 Å². The Morgan fingerprint density at radius 1 is 1.39 bits per heavy atom. The third kappa shape index (κ3) is 3.48. The van der Waals surface area contributed by atoms with Gasteiger partial charge in [0.25, 0.3) is 5.91 Å². The highest BCUT2D eigenvalue weighted by atomic mass is 32.2. The third-order valence-corrected chi connectivity index (χ3v) is 4.62. The molecule has 1 heterocycles. The number of ether oxygens (including phenoxy) is 2. The van der Waals surface area contributed by atoms with Gasteiger partial charge in [0.1, 0.15) is 21.9 Å². The lowest BCUT2D eigenvalue weighted by Crippen LogP contribution is -2.41. The molecule has 23 heavy (non-hydrogen) atoms. The summed E-state index contributed by atoms with van der Waals surface area (Å²) in [5.41, 5.74) is 0.648. The summed E-state index contributed by atoms with van der Waals surface area (Å²) in [5.74, 6) is -0.352. The van der Waals surface area contributed by atoms with E-state index in [2.05, 4.69) is 0 Å². The summed E-state index contributed by atoms with van der Waals surface area (Å²) in [6.45, 7) is 1.42. The van der Waals surface area contributed by atoms with Crippen LogP contribution in [0.3, 0.4) is 0 Å². The zero-order valence-corrected chi connectivity index (χ0v) is 14.4. The molecule has 1 aromatic rings. The number of carbonyl (C=O) groups is 2. The van der Waals surface area contributed by atoms with E-state index >= 15 is 0 Å². The SMILES string of the molecule is COc1ccc(OC)c(/C=C2\SC(=S)N([C@H](C)C(=O)O)C2=O)c1. The monoisotopic (exact) mass is 353 g/mol. The van der Waals surface area contributed by atoms with E-state index < -0.39 is 17.9 Å². The van der Waals surface area contributed by atoms with Crippen molar-refractivity contribution in [2.45, 2.75) is 13.0 Å². The van der Waals surface area contributed by atoms with Crippen LogP contribution >= 0.6 is 24.0 Å². The molecule has 1 saturated heterocycles. The van der Waals surface area contributed by atoms with Crippen LogP contribution in [0.15, 0.2) is 23.1 Å². The number of methoxy groups -OCH3 is 2. The zero-order chi connectivity index (χ0) is 17.1. The van der Waals surface area contributed by atoms with Gasteiger partial charge in [-0.05, 0) is 31.2 Å². The predicted molar refractivity (Wildman–Crippen MR) is 91.7 cm³/mol. The van der Waals surface area contributed by atoms with Crippen molar-refractivity contribution in [1.29, 1.82) is 0 Å². The smallest absolute Gasteiger partial charge is 0.326 e. The first-order valence-electron chi connectivity index (χ1n) is 6.61. The van der Waals surface area contributed by atoms with E-state index in [0.29, 0.717) is 22.0 Å². The van der Waals surface area contributed by atoms with E-state index in [1.807, 2.05) is 0 Å². The summed E-state index contributed by atoms with van der Waals surface area (Å²) in [7, 11) is 3.07. The second-order valence-electron chi connectivity index (χ2n) is 4.67. The van der Waals surface area contributed by atoms with Crippen molar-refractivity contribution in [1.82, 2.24) is 4.90 Å². The molecule has 1 aliphatic rings. The Morgan fingerprint density at radius 2 is 2.09 bits per heavy atom. The molecule has 1 fully saturated rings. The number of benzene rings is 1. The Morgan fingerprint density at radius 3 is 2.65 bits per heavy atom. The van der Waals surface area contributed by atoms with Crippen LogP contribution in [0.4, 0.5) is 0 Å². The van der Waals surface area contributed by atoms with Gasteiger partial charge < -0.3 is 14.6 Å². The number of hydrogen-bond acceptors (Lipinski definition) is 6. The molecule has 2 rings (SSSR count). The lowest BCUT2D eigenvalue weighted by Gasteiger charge is -2.18. The fourth-order valence-electron chi connectivity index (χ4n) is 2.02. The number of thioether (sulfide) groups is 1. The molecule has 1 aliphatic heterocycles. The van der Waals surface area contributed by atoms with Crippen molar-refractivity contribution in [3.63, 3.8) is 0 Å². The molecule has 1 aromatic carbocycles. The Hall–Kier alpha value is -2.06. The number of amides is 1. The minimum Gasteiger partial charge on any atom is -0.497 e. The zero-order valence-electron chi connectivity index (χ0n) is 12.7. The number of carbonyl (C=O) groups excluding carboxylic acids is 1. The third-order valence-electron chi connectivity index (χ3n) is 3.29. The number of carboxylic acid groups (broad SMARTS) is 1. The van der Waals surface area contributed by atoms with Gasteiger partial charge >= 0.3 is 5.97 Å². The van der Waals surface area contributed by atoms with Crippen molar-refractivity contribution in [2.24, 2.45) is 0 Å². The summed E-state index contributed by atoms with van der Waals surface area (Å²) in [4.78, 5) is 25.0. The molecule has 0 spiro atoms. The molecule has 0 saturated carbocycles. The fraction of sp³-hybridized carbons (Fsp3) is 0.267. The summed E-state index contributed by atoms with van der Waals surface area (Å²) in [6.07, 6.45) is 1.62. The summed E-state index contributed by atoms with van der Waals surface area (Å²) >= 11 is 6.19. The average molecular weight is 353 g/mol. The summed E-state index contributed by atoms with van der Waals surface area (Å²) < 4.78 is 10.7. The van der Waals surface area contributed by atoms with Crippen LogP contribution in [-0.2, 0) is 9.59 Å². The van der Waals surface area contributed by atoms with Gasteiger partial charge in [-0.25, -0.2) is 4.79 Å². The van der Waals surface area contributed by atoms with E-state index in [-0.39, 0.29) is 4.32 Å². The van der Waals surface area contributed by atoms with Crippen LogP contribution in [-0.4, -0.2) is 46.5 Å². The molecule has 1 atom stereocenters. The first kappa shape index (κ1) is 17.3. The molecule has 0 aliphatic carbocycles. The molecular weight excluding hydrogens is 338 g/mol. The first-order valence-corrected chi connectivity index (χ1v) is 7.83. The lowest BCUT2D eigenvalue weighted by molar-refractivity contribution is -0.144. The topological polar surface area (TPSA) is 76.1 Å². The minimum atomic E-state index is -1.11. The normalized spacial score (nSPS) is 17.5. The van der Waals surface area contributed by atoms with Gasteiger partial charge in [-0.2, -0.15) is 0 Å². The maximum absolute atomic E-state index is 12.4. The van der Waals surface area contributed by atoms with Gasteiger partial charge in [0, 0.05) is 5.56 Å². The van der Waals surface area contributed by atoms with Gasteiger partial charge in [-0.15, -0.1) is 0 Å². The van der Waals surface area contributed by atoms with Crippen LogP contribution in [0.2, 0.25) is 0 Å². The summed E-state index contributed by atoms with van der Waals surface area (Å²) in [6, 6.07) is 4.19. The average Bonchev–Trinajstić information content (AvgIpc) is 2.80. The molecule has 0 bridgehead atoms. The Kier molecular flexibility index (Phi) is 5.27. The van der Waals surface area contributed by atoms with Crippen LogP contribution in [0.25, 0.3) is 6.08 Å². The number of rotatable bonds is 5. The summed E-state index contributed by atoms with van der Waals surface area (Å²) in [5, 5.41) is 9.09. The maximum Gasteiger partial charge on any atom is 0.326 e.